The first kappa shape index (κ1) is 17.7. The highest BCUT2D eigenvalue weighted by molar-refractivity contribution is 6.08. The summed E-state index contributed by atoms with van der Waals surface area (Å²) in [6.07, 6.45) is 8.35. The van der Waals surface area contributed by atoms with Crippen molar-refractivity contribution in [1.29, 1.82) is 0 Å². The van der Waals surface area contributed by atoms with Crippen molar-refractivity contribution in [3.8, 4) is 0 Å². The van der Waals surface area contributed by atoms with Crippen molar-refractivity contribution in [3.05, 3.63) is 109 Å². The van der Waals surface area contributed by atoms with E-state index in [1.54, 1.807) is 0 Å². The molecule has 0 saturated heterocycles. The SMILES string of the molecule is C=CCC(CC=C)(CC=C)c1ccc(C(=O)c2ccccc2)cc1. The smallest absolute Gasteiger partial charge is 0.193 e. The summed E-state index contributed by atoms with van der Waals surface area (Å²) >= 11 is 0. The van der Waals surface area contributed by atoms with Crippen LogP contribution in [0.5, 0.6) is 0 Å². The van der Waals surface area contributed by atoms with Gasteiger partial charge in [0.2, 0.25) is 0 Å². The Labute approximate surface area is 145 Å². The fourth-order valence-corrected chi connectivity index (χ4v) is 3.16. The third kappa shape index (κ3) is 3.80. The molecule has 0 unspecified atom stereocenters. The lowest BCUT2D eigenvalue weighted by Gasteiger charge is -2.32. The molecule has 24 heavy (non-hydrogen) atoms. The molecule has 0 aromatic heterocycles. The minimum atomic E-state index is -0.0838. The van der Waals surface area contributed by atoms with Gasteiger partial charge in [-0.15, -0.1) is 19.7 Å². The Morgan fingerprint density at radius 1 is 0.750 bits per heavy atom. The van der Waals surface area contributed by atoms with Crippen LogP contribution in [-0.4, -0.2) is 5.78 Å². The van der Waals surface area contributed by atoms with Crippen molar-refractivity contribution in [2.45, 2.75) is 24.7 Å². The molecule has 2 rings (SSSR count). The molecule has 1 nitrogen and oxygen atoms in total. The molecule has 0 aliphatic rings. The molecular formula is C23H24O. The predicted octanol–water partition coefficient (Wildman–Crippen LogP) is 5.88. The van der Waals surface area contributed by atoms with Crippen molar-refractivity contribution >= 4 is 5.78 Å². The van der Waals surface area contributed by atoms with Gasteiger partial charge >= 0.3 is 0 Å². The van der Waals surface area contributed by atoms with E-state index in [1.165, 1.54) is 5.56 Å². The van der Waals surface area contributed by atoms with Crippen LogP contribution in [0.2, 0.25) is 0 Å². The Balaban J connectivity index is 2.35. The average molecular weight is 316 g/mol. The number of carbonyl (C=O) groups is 1. The summed E-state index contributed by atoms with van der Waals surface area (Å²) in [6.45, 7) is 11.7. The summed E-state index contributed by atoms with van der Waals surface area (Å²) in [6, 6.07) is 17.3. The molecule has 122 valence electrons. The molecule has 0 fully saturated rings. The normalized spacial score (nSPS) is 10.8. The van der Waals surface area contributed by atoms with Gasteiger partial charge in [-0.3, -0.25) is 4.79 Å². The van der Waals surface area contributed by atoms with Crippen LogP contribution in [0.3, 0.4) is 0 Å². The maximum Gasteiger partial charge on any atom is 0.193 e. The Hall–Kier alpha value is -2.67. The van der Waals surface area contributed by atoms with E-state index in [0.29, 0.717) is 11.1 Å². The van der Waals surface area contributed by atoms with Crippen LogP contribution >= 0.6 is 0 Å². The van der Waals surface area contributed by atoms with E-state index >= 15 is 0 Å². The third-order valence-electron chi connectivity index (χ3n) is 4.40. The largest absolute Gasteiger partial charge is 0.289 e. The van der Waals surface area contributed by atoms with Crippen LogP contribution in [-0.2, 0) is 5.41 Å². The van der Waals surface area contributed by atoms with Gasteiger partial charge < -0.3 is 0 Å². The molecule has 0 aliphatic carbocycles. The lowest BCUT2D eigenvalue weighted by molar-refractivity contribution is 0.103. The first-order valence-electron chi connectivity index (χ1n) is 8.20. The maximum atomic E-state index is 12.5. The quantitative estimate of drug-likeness (QED) is 0.417. The molecule has 2 aromatic carbocycles. The summed E-state index contributed by atoms with van der Waals surface area (Å²) < 4.78 is 0. The number of rotatable bonds is 9. The predicted molar refractivity (Wildman–Crippen MR) is 102 cm³/mol. The Bertz CT molecular complexity index is 681. The fourth-order valence-electron chi connectivity index (χ4n) is 3.16. The van der Waals surface area contributed by atoms with E-state index in [-0.39, 0.29) is 11.2 Å². The van der Waals surface area contributed by atoms with Crippen molar-refractivity contribution in [3.63, 3.8) is 0 Å². The zero-order valence-electron chi connectivity index (χ0n) is 14.1. The molecule has 0 heterocycles. The monoisotopic (exact) mass is 316 g/mol. The molecular weight excluding hydrogens is 292 g/mol. The molecule has 0 N–H and O–H groups in total. The summed E-state index contributed by atoms with van der Waals surface area (Å²) in [4.78, 5) is 12.5. The zero-order chi connectivity index (χ0) is 17.4. The number of hydrogen-bond donors (Lipinski definition) is 0. The van der Waals surface area contributed by atoms with E-state index in [4.69, 9.17) is 0 Å². The maximum absolute atomic E-state index is 12.5. The summed E-state index contributed by atoms with van der Waals surface area (Å²) in [5, 5.41) is 0. The van der Waals surface area contributed by atoms with Crippen molar-refractivity contribution in [2.75, 3.05) is 0 Å². The fraction of sp³-hybridized carbons (Fsp3) is 0.174. The van der Waals surface area contributed by atoms with Crippen LogP contribution < -0.4 is 0 Å². The number of benzene rings is 2. The zero-order valence-corrected chi connectivity index (χ0v) is 14.1. The standard InChI is InChI=1S/C23H24O/c1-4-16-23(17-5-2,18-6-3)21-14-12-20(13-15-21)22(24)19-10-8-7-9-11-19/h4-15H,1-3,16-18H2. The average Bonchev–Trinajstić information content (AvgIpc) is 2.62. The first-order chi connectivity index (χ1) is 11.7. The molecule has 0 aliphatic heterocycles. The third-order valence-corrected chi connectivity index (χ3v) is 4.40. The van der Waals surface area contributed by atoms with Gasteiger partial charge in [-0.05, 0) is 24.8 Å². The highest BCUT2D eigenvalue weighted by atomic mass is 16.1. The van der Waals surface area contributed by atoms with Crippen LogP contribution in [0.4, 0.5) is 0 Å². The van der Waals surface area contributed by atoms with Crippen molar-refractivity contribution in [1.82, 2.24) is 0 Å². The van der Waals surface area contributed by atoms with E-state index in [0.717, 1.165) is 19.3 Å². The Morgan fingerprint density at radius 2 is 1.21 bits per heavy atom. The van der Waals surface area contributed by atoms with Gasteiger partial charge in [0.15, 0.2) is 5.78 Å². The van der Waals surface area contributed by atoms with Crippen LogP contribution in [0.1, 0.15) is 40.7 Å². The van der Waals surface area contributed by atoms with Gasteiger partial charge in [0.05, 0.1) is 0 Å². The molecule has 1 heteroatoms. The highest BCUT2D eigenvalue weighted by Crippen LogP contribution is 2.36. The van der Waals surface area contributed by atoms with Gasteiger partial charge in [0.25, 0.3) is 0 Å². The van der Waals surface area contributed by atoms with E-state index in [9.17, 15) is 4.79 Å². The summed E-state index contributed by atoms with van der Waals surface area (Å²) in [7, 11) is 0. The molecule has 0 bridgehead atoms. The minimum Gasteiger partial charge on any atom is -0.289 e. The molecule has 0 spiro atoms. The highest BCUT2D eigenvalue weighted by Gasteiger charge is 2.28. The molecule has 0 amide bonds. The summed E-state index contributed by atoms with van der Waals surface area (Å²) in [5.74, 6) is 0.0453. The Kier molecular flexibility index (Phi) is 6.08. The van der Waals surface area contributed by atoms with Crippen LogP contribution in [0, 0.1) is 0 Å². The number of allylic oxidation sites excluding steroid dienone is 3. The molecule has 0 atom stereocenters. The molecule has 2 aromatic rings. The van der Waals surface area contributed by atoms with Gasteiger partial charge in [-0.2, -0.15) is 0 Å². The first-order valence-corrected chi connectivity index (χ1v) is 8.20. The number of ketones is 1. The molecule has 0 saturated carbocycles. The molecule has 0 radical (unpaired) electrons. The van der Waals surface area contributed by atoms with Gasteiger partial charge in [0.1, 0.15) is 0 Å². The Morgan fingerprint density at radius 3 is 1.67 bits per heavy atom. The van der Waals surface area contributed by atoms with Gasteiger partial charge in [0, 0.05) is 16.5 Å². The lowest BCUT2D eigenvalue weighted by atomic mass is 9.72. The van der Waals surface area contributed by atoms with Crippen molar-refractivity contribution in [2.24, 2.45) is 0 Å². The van der Waals surface area contributed by atoms with E-state index < -0.39 is 0 Å². The van der Waals surface area contributed by atoms with Gasteiger partial charge in [-0.25, -0.2) is 0 Å². The number of hydrogen-bond acceptors (Lipinski definition) is 1. The van der Waals surface area contributed by atoms with E-state index in [2.05, 4.69) is 19.7 Å². The van der Waals surface area contributed by atoms with Crippen LogP contribution in [0.25, 0.3) is 0 Å². The lowest BCUT2D eigenvalue weighted by Crippen LogP contribution is -2.24. The second kappa shape index (κ2) is 8.26. The van der Waals surface area contributed by atoms with E-state index in [1.807, 2.05) is 72.8 Å². The van der Waals surface area contributed by atoms with Crippen molar-refractivity contribution < 1.29 is 4.79 Å². The topological polar surface area (TPSA) is 17.1 Å². The number of carbonyl (C=O) groups excluding carboxylic acids is 1. The second-order valence-electron chi connectivity index (χ2n) is 6.03. The van der Waals surface area contributed by atoms with Crippen LogP contribution in [0.15, 0.2) is 92.6 Å². The van der Waals surface area contributed by atoms with Gasteiger partial charge in [-0.1, -0.05) is 72.8 Å². The minimum absolute atomic E-state index is 0.0453. The summed E-state index contributed by atoms with van der Waals surface area (Å²) in [5.41, 5.74) is 2.51. The second-order valence-corrected chi connectivity index (χ2v) is 6.03.